The number of fused-ring (bicyclic) bond motifs is 1. The van der Waals surface area contributed by atoms with Crippen molar-refractivity contribution < 1.29 is 13.9 Å². The summed E-state index contributed by atoms with van der Waals surface area (Å²) in [4.78, 5) is 15.8. The van der Waals surface area contributed by atoms with Crippen LogP contribution in [0, 0.1) is 6.92 Å². The molecule has 0 unspecified atom stereocenters. The molecule has 1 heterocycles. The summed E-state index contributed by atoms with van der Waals surface area (Å²) in [7, 11) is 0. The largest absolute Gasteiger partial charge is 0.488 e. The van der Waals surface area contributed by atoms with Crippen molar-refractivity contribution in [3.8, 4) is 5.75 Å². The topological polar surface area (TPSA) is 64.4 Å². The van der Waals surface area contributed by atoms with Gasteiger partial charge < -0.3 is 14.5 Å². The number of benzene rings is 1. The Labute approximate surface area is 135 Å². The minimum absolute atomic E-state index is 0.211. The van der Waals surface area contributed by atoms with Crippen molar-refractivity contribution in [1.82, 2.24) is 10.3 Å². The number of hydrogen-bond donors (Lipinski definition) is 1. The maximum Gasteiger partial charge on any atom is 0.243 e. The molecule has 5 nitrogen and oxygen atoms in total. The summed E-state index contributed by atoms with van der Waals surface area (Å²) < 4.78 is 11.9. The van der Waals surface area contributed by atoms with Gasteiger partial charge in [0, 0.05) is 19.0 Å². The molecule has 0 atom stereocenters. The first kappa shape index (κ1) is 15.6. The van der Waals surface area contributed by atoms with Crippen molar-refractivity contribution in [2.45, 2.75) is 51.7 Å². The van der Waals surface area contributed by atoms with Crippen LogP contribution in [0.25, 0.3) is 11.1 Å². The number of carbonyl (C=O) groups is 1. The average Bonchev–Trinajstić information content (AvgIpc) is 2.96. The molecule has 0 radical (unpaired) electrons. The molecule has 1 saturated carbocycles. The van der Waals surface area contributed by atoms with E-state index in [1.54, 1.807) is 0 Å². The highest BCUT2D eigenvalue weighted by Gasteiger charge is 2.19. The smallest absolute Gasteiger partial charge is 0.243 e. The molecule has 23 heavy (non-hydrogen) atoms. The minimum Gasteiger partial charge on any atom is -0.488 e. The first-order chi connectivity index (χ1) is 11.2. The molecule has 1 aliphatic carbocycles. The van der Waals surface area contributed by atoms with Crippen LogP contribution in [-0.4, -0.2) is 17.0 Å². The third kappa shape index (κ3) is 3.55. The van der Waals surface area contributed by atoms with Crippen molar-refractivity contribution in [1.29, 1.82) is 0 Å². The van der Waals surface area contributed by atoms with Gasteiger partial charge in [0.05, 0.1) is 6.10 Å². The van der Waals surface area contributed by atoms with Crippen molar-refractivity contribution in [2.75, 3.05) is 0 Å². The average molecular weight is 314 g/mol. The van der Waals surface area contributed by atoms with Gasteiger partial charge in [-0.2, -0.15) is 0 Å². The Morgan fingerprint density at radius 3 is 2.96 bits per heavy atom. The van der Waals surface area contributed by atoms with Crippen LogP contribution in [0.2, 0.25) is 0 Å². The molecule has 1 fully saturated rings. The Balaban J connectivity index is 1.85. The highest BCUT2D eigenvalue weighted by Crippen LogP contribution is 2.32. The molecular weight excluding hydrogens is 292 g/mol. The van der Waals surface area contributed by atoms with E-state index in [4.69, 9.17) is 9.15 Å². The number of oxazole rings is 1. The zero-order chi connectivity index (χ0) is 16.2. The van der Waals surface area contributed by atoms with Gasteiger partial charge in [-0.05, 0) is 43.9 Å². The number of nitrogens with one attached hydrogen (secondary N) is 1. The molecule has 1 aromatic heterocycles. The first-order valence-corrected chi connectivity index (χ1v) is 8.13. The second-order valence-corrected chi connectivity index (χ2v) is 5.93. The number of ether oxygens (including phenoxy) is 1. The second kappa shape index (κ2) is 6.86. The lowest BCUT2D eigenvalue weighted by molar-refractivity contribution is -0.116. The molecule has 1 aromatic carbocycles. The van der Waals surface area contributed by atoms with Crippen LogP contribution in [0.1, 0.15) is 43.6 Å². The molecule has 1 aliphatic rings. The molecule has 0 spiro atoms. The van der Waals surface area contributed by atoms with Crippen molar-refractivity contribution in [3.05, 3.63) is 36.2 Å². The summed E-state index contributed by atoms with van der Waals surface area (Å²) in [5.74, 6) is 1.15. The van der Waals surface area contributed by atoms with E-state index in [1.807, 2.05) is 19.1 Å². The van der Waals surface area contributed by atoms with Gasteiger partial charge in [0.1, 0.15) is 5.75 Å². The maximum atomic E-state index is 11.4. The van der Waals surface area contributed by atoms with Gasteiger partial charge in [0.15, 0.2) is 17.0 Å². The summed E-state index contributed by atoms with van der Waals surface area (Å²) >= 11 is 0. The predicted molar refractivity (Wildman–Crippen MR) is 88.3 cm³/mol. The molecule has 0 saturated heterocycles. The molecule has 5 heteroatoms. The Kier molecular flexibility index (Phi) is 4.65. The van der Waals surface area contributed by atoms with E-state index in [0.717, 1.165) is 29.7 Å². The number of aryl methyl sites for hydroxylation is 1. The minimum atomic E-state index is -0.211. The van der Waals surface area contributed by atoms with E-state index < -0.39 is 0 Å². The first-order valence-electron chi connectivity index (χ1n) is 8.13. The Morgan fingerprint density at radius 1 is 1.43 bits per heavy atom. The molecule has 1 N–H and O–H groups in total. The number of nitrogens with zero attached hydrogens (tertiary/aromatic N) is 1. The summed E-state index contributed by atoms with van der Waals surface area (Å²) in [6.45, 7) is 5.64. The molecule has 122 valence electrons. The number of aromatic nitrogens is 1. The van der Waals surface area contributed by atoms with Gasteiger partial charge >= 0.3 is 0 Å². The van der Waals surface area contributed by atoms with Gasteiger partial charge in [0.25, 0.3) is 0 Å². The Hall–Kier alpha value is -2.30. The van der Waals surface area contributed by atoms with E-state index >= 15 is 0 Å². The summed E-state index contributed by atoms with van der Waals surface area (Å²) in [6, 6.07) is 3.85. The highest BCUT2D eigenvalue weighted by atomic mass is 16.5. The number of rotatable bonds is 5. The van der Waals surface area contributed by atoms with Gasteiger partial charge in [-0.25, -0.2) is 4.98 Å². The fraction of sp³-hybridized carbons (Fsp3) is 0.444. The van der Waals surface area contributed by atoms with Crippen molar-refractivity contribution >= 4 is 17.0 Å². The number of carbonyl (C=O) groups excluding carboxylic acids is 1. The van der Waals surface area contributed by atoms with Gasteiger partial charge in [-0.3, -0.25) is 4.79 Å². The summed E-state index contributed by atoms with van der Waals surface area (Å²) in [5, 5.41) is 2.77. The third-order valence-electron chi connectivity index (χ3n) is 4.18. The Morgan fingerprint density at radius 2 is 2.22 bits per heavy atom. The molecule has 3 rings (SSSR count). The van der Waals surface area contributed by atoms with Crippen LogP contribution in [0.3, 0.4) is 0 Å². The van der Waals surface area contributed by atoms with Gasteiger partial charge in [-0.1, -0.05) is 13.0 Å². The van der Waals surface area contributed by atoms with Crippen molar-refractivity contribution in [3.63, 3.8) is 0 Å². The van der Waals surface area contributed by atoms with E-state index in [2.05, 4.69) is 16.9 Å². The fourth-order valence-electron chi connectivity index (χ4n) is 2.99. The summed E-state index contributed by atoms with van der Waals surface area (Å²) in [5.41, 5.74) is 2.30. The molecule has 1 amide bonds. The van der Waals surface area contributed by atoms with Crippen molar-refractivity contribution in [2.24, 2.45) is 0 Å². The van der Waals surface area contributed by atoms with E-state index in [-0.39, 0.29) is 12.0 Å². The maximum absolute atomic E-state index is 11.4. The second-order valence-electron chi connectivity index (χ2n) is 5.93. The Bertz CT molecular complexity index is 714. The SMILES string of the molecule is C=CC(=O)NCc1ccc(OC2CCCCC2)c2nc(C)oc12. The molecule has 2 aromatic rings. The van der Waals surface area contributed by atoms with Gasteiger partial charge in [0.2, 0.25) is 5.91 Å². The predicted octanol–water partition coefficient (Wildman–Crippen LogP) is 3.65. The van der Waals surface area contributed by atoms with Crippen LogP contribution in [-0.2, 0) is 11.3 Å². The molecule has 0 aliphatic heterocycles. The fourth-order valence-corrected chi connectivity index (χ4v) is 2.99. The number of amides is 1. The lowest BCUT2D eigenvalue weighted by Crippen LogP contribution is -2.21. The lowest BCUT2D eigenvalue weighted by Gasteiger charge is -2.23. The van der Waals surface area contributed by atoms with E-state index in [1.165, 1.54) is 25.3 Å². The standard InChI is InChI=1S/C18H22N2O3/c1-3-16(21)19-11-13-9-10-15(17-18(13)22-12(2)20-17)23-14-7-5-4-6-8-14/h3,9-10,14H,1,4-8,11H2,2H3,(H,19,21). The summed E-state index contributed by atoms with van der Waals surface area (Å²) in [6.07, 6.45) is 7.43. The van der Waals surface area contributed by atoms with Crippen LogP contribution >= 0.6 is 0 Å². The van der Waals surface area contributed by atoms with Crippen LogP contribution in [0.4, 0.5) is 0 Å². The zero-order valence-electron chi connectivity index (χ0n) is 13.4. The van der Waals surface area contributed by atoms with E-state index in [0.29, 0.717) is 18.0 Å². The lowest BCUT2D eigenvalue weighted by atomic mass is 9.98. The monoisotopic (exact) mass is 314 g/mol. The highest BCUT2D eigenvalue weighted by molar-refractivity contribution is 5.88. The van der Waals surface area contributed by atoms with Crippen LogP contribution < -0.4 is 10.1 Å². The molecule has 0 bridgehead atoms. The zero-order valence-corrected chi connectivity index (χ0v) is 13.4. The molecular formula is C18H22N2O3. The van der Waals surface area contributed by atoms with Gasteiger partial charge in [-0.15, -0.1) is 0 Å². The normalized spacial score (nSPS) is 15.5. The van der Waals surface area contributed by atoms with E-state index in [9.17, 15) is 4.79 Å². The van der Waals surface area contributed by atoms with Crippen LogP contribution in [0.15, 0.2) is 29.2 Å². The van der Waals surface area contributed by atoms with Crippen LogP contribution in [0.5, 0.6) is 5.75 Å². The third-order valence-corrected chi connectivity index (χ3v) is 4.18. The number of hydrogen-bond acceptors (Lipinski definition) is 4. The quantitative estimate of drug-likeness (QED) is 0.856.